The Kier molecular flexibility index (Phi) is 3.26. The molecule has 2 rings (SSSR count). The predicted molar refractivity (Wildman–Crippen MR) is 58.6 cm³/mol. The van der Waals surface area contributed by atoms with Crippen LogP contribution in [0.1, 0.15) is 30.8 Å². The molecule has 0 radical (unpaired) electrons. The number of aliphatic hydroxyl groups is 1. The summed E-state index contributed by atoms with van der Waals surface area (Å²) in [5, 5.41) is 14.1. The molecule has 0 bridgehead atoms. The summed E-state index contributed by atoms with van der Waals surface area (Å²) in [6.07, 6.45) is 6.91. The van der Waals surface area contributed by atoms with E-state index in [1.807, 2.05) is 10.9 Å². The van der Waals surface area contributed by atoms with Gasteiger partial charge in [-0.3, -0.25) is 4.68 Å². The van der Waals surface area contributed by atoms with Crippen molar-refractivity contribution in [3.8, 4) is 0 Å². The van der Waals surface area contributed by atoms with E-state index in [1.54, 1.807) is 24.7 Å². The van der Waals surface area contributed by atoms with Gasteiger partial charge < -0.3 is 5.11 Å². The molecule has 0 saturated carbocycles. The summed E-state index contributed by atoms with van der Waals surface area (Å²) in [6, 6.07) is 1.72. The summed E-state index contributed by atoms with van der Waals surface area (Å²) >= 11 is 0. The Balaban J connectivity index is 2.17. The molecule has 5 nitrogen and oxygen atoms in total. The van der Waals surface area contributed by atoms with Crippen LogP contribution in [0.4, 0.5) is 0 Å². The standard InChI is InChI=1S/C11H14N4O/c1-2-6-15-8-9(7-14-15)10(16)11-12-4-3-5-13-11/h3-5,7-8,10,16H,2,6H2,1H3. The third-order valence-corrected chi connectivity index (χ3v) is 2.25. The van der Waals surface area contributed by atoms with Gasteiger partial charge in [0.2, 0.25) is 0 Å². The van der Waals surface area contributed by atoms with Gasteiger partial charge in [0.05, 0.1) is 6.20 Å². The highest BCUT2D eigenvalue weighted by Crippen LogP contribution is 2.17. The first kappa shape index (κ1) is 10.8. The van der Waals surface area contributed by atoms with E-state index in [4.69, 9.17) is 0 Å². The monoisotopic (exact) mass is 218 g/mol. The zero-order valence-corrected chi connectivity index (χ0v) is 9.11. The van der Waals surface area contributed by atoms with Crippen molar-refractivity contribution in [2.75, 3.05) is 0 Å². The van der Waals surface area contributed by atoms with Crippen molar-refractivity contribution >= 4 is 0 Å². The molecule has 0 fully saturated rings. The smallest absolute Gasteiger partial charge is 0.161 e. The van der Waals surface area contributed by atoms with Crippen molar-refractivity contribution in [3.05, 3.63) is 42.2 Å². The lowest BCUT2D eigenvalue weighted by atomic mass is 10.2. The van der Waals surface area contributed by atoms with Crippen LogP contribution in [-0.4, -0.2) is 24.9 Å². The Morgan fingerprint density at radius 1 is 1.38 bits per heavy atom. The Morgan fingerprint density at radius 3 is 2.81 bits per heavy atom. The van der Waals surface area contributed by atoms with Crippen LogP contribution in [0.15, 0.2) is 30.9 Å². The summed E-state index contributed by atoms with van der Waals surface area (Å²) in [5.74, 6) is 0.401. The molecule has 0 aliphatic rings. The number of aliphatic hydroxyl groups excluding tert-OH is 1. The molecular formula is C11H14N4O. The molecule has 2 aromatic rings. The molecule has 16 heavy (non-hydrogen) atoms. The van der Waals surface area contributed by atoms with Gasteiger partial charge >= 0.3 is 0 Å². The number of hydrogen-bond acceptors (Lipinski definition) is 4. The number of rotatable bonds is 4. The average molecular weight is 218 g/mol. The molecule has 1 atom stereocenters. The van der Waals surface area contributed by atoms with Gasteiger partial charge in [0.15, 0.2) is 5.82 Å². The van der Waals surface area contributed by atoms with Gasteiger partial charge in [0.1, 0.15) is 6.10 Å². The van der Waals surface area contributed by atoms with E-state index in [0.717, 1.165) is 18.5 Å². The van der Waals surface area contributed by atoms with Crippen molar-refractivity contribution in [2.24, 2.45) is 0 Å². The van der Waals surface area contributed by atoms with E-state index in [-0.39, 0.29) is 0 Å². The van der Waals surface area contributed by atoms with Crippen LogP contribution >= 0.6 is 0 Å². The quantitative estimate of drug-likeness (QED) is 0.836. The minimum absolute atomic E-state index is 0.401. The summed E-state index contributed by atoms with van der Waals surface area (Å²) in [7, 11) is 0. The SMILES string of the molecule is CCCn1cc(C(O)c2ncccn2)cn1. The summed E-state index contributed by atoms with van der Waals surface area (Å²) < 4.78 is 1.81. The first-order chi connectivity index (χ1) is 7.81. The van der Waals surface area contributed by atoms with Crippen molar-refractivity contribution in [1.29, 1.82) is 0 Å². The predicted octanol–water partition coefficient (Wildman–Crippen LogP) is 1.16. The molecule has 0 saturated heterocycles. The second-order valence-electron chi connectivity index (χ2n) is 3.55. The van der Waals surface area contributed by atoms with Crippen LogP contribution in [0.2, 0.25) is 0 Å². The lowest BCUT2D eigenvalue weighted by Crippen LogP contribution is -2.03. The second kappa shape index (κ2) is 4.85. The number of hydrogen-bond donors (Lipinski definition) is 1. The molecule has 2 heterocycles. The molecule has 0 amide bonds. The Hall–Kier alpha value is -1.75. The fourth-order valence-electron chi connectivity index (χ4n) is 1.47. The van der Waals surface area contributed by atoms with Crippen LogP contribution in [-0.2, 0) is 6.54 Å². The average Bonchev–Trinajstić information content (AvgIpc) is 2.78. The van der Waals surface area contributed by atoms with Crippen LogP contribution in [0, 0.1) is 0 Å². The van der Waals surface area contributed by atoms with Crippen LogP contribution < -0.4 is 0 Å². The molecule has 1 unspecified atom stereocenters. The van der Waals surface area contributed by atoms with E-state index in [9.17, 15) is 5.11 Å². The Bertz CT molecular complexity index is 440. The third kappa shape index (κ3) is 2.25. The molecule has 2 aromatic heterocycles. The maximum absolute atomic E-state index is 10.00. The minimum atomic E-state index is -0.799. The Morgan fingerprint density at radius 2 is 2.12 bits per heavy atom. The fraction of sp³-hybridized carbons (Fsp3) is 0.364. The van der Waals surface area contributed by atoms with Gasteiger partial charge in [-0.05, 0) is 12.5 Å². The zero-order valence-electron chi connectivity index (χ0n) is 9.11. The molecule has 5 heteroatoms. The molecule has 0 aliphatic carbocycles. The maximum atomic E-state index is 10.00. The minimum Gasteiger partial charge on any atom is -0.380 e. The number of nitrogens with zero attached hydrogens (tertiary/aromatic N) is 4. The zero-order chi connectivity index (χ0) is 11.4. The Labute approximate surface area is 93.8 Å². The fourth-order valence-corrected chi connectivity index (χ4v) is 1.47. The first-order valence-electron chi connectivity index (χ1n) is 5.28. The van der Waals surface area contributed by atoms with Crippen LogP contribution in [0.5, 0.6) is 0 Å². The van der Waals surface area contributed by atoms with Gasteiger partial charge in [-0.2, -0.15) is 5.10 Å². The highest BCUT2D eigenvalue weighted by molar-refractivity contribution is 5.15. The molecule has 1 N–H and O–H groups in total. The topological polar surface area (TPSA) is 63.8 Å². The normalized spacial score (nSPS) is 12.6. The summed E-state index contributed by atoms with van der Waals surface area (Å²) in [6.45, 7) is 2.93. The highest BCUT2D eigenvalue weighted by Gasteiger charge is 2.14. The number of aryl methyl sites for hydroxylation is 1. The summed E-state index contributed by atoms with van der Waals surface area (Å²) in [4.78, 5) is 8.02. The van der Waals surface area contributed by atoms with Gasteiger partial charge in [0.25, 0.3) is 0 Å². The van der Waals surface area contributed by atoms with E-state index < -0.39 is 6.10 Å². The van der Waals surface area contributed by atoms with Gasteiger partial charge in [-0.25, -0.2) is 9.97 Å². The van der Waals surface area contributed by atoms with Gasteiger partial charge in [0, 0.05) is 30.7 Å². The summed E-state index contributed by atoms with van der Waals surface area (Å²) in [5.41, 5.74) is 0.722. The third-order valence-electron chi connectivity index (χ3n) is 2.25. The molecule has 0 spiro atoms. The lowest BCUT2D eigenvalue weighted by molar-refractivity contribution is 0.209. The van der Waals surface area contributed by atoms with Crippen molar-refractivity contribution in [1.82, 2.24) is 19.7 Å². The molecular weight excluding hydrogens is 204 g/mol. The largest absolute Gasteiger partial charge is 0.380 e. The van der Waals surface area contributed by atoms with Crippen molar-refractivity contribution < 1.29 is 5.11 Å². The van der Waals surface area contributed by atoms with Gasteiger partial charge in [-0.15, -0.1) is 0 Å². The lowest BCUT2D eigenvalue weighted by Gasteiger charge is -2.05. The van der Waals surface area contributed by atoms with E-state index in [1.165, 1.54) is 0 Å². The van der Waals surface area contributed by atoms with Crippen molar-refractivity contribution in [3.63, 3.8) is 0 Å². The highest BCUT2D eigenvalue weighted by atomic mass is 16.3. The van der Waals surface area contributed by atoms with Crippen LogP contribution in [0.25, 0.3) is 0 Å². The van der Waals surface area contributed by atoms with E-state index in [2.05, 4.69) is 22.0 Å². The van der Waals surface area contributed by atoms with E-state index in [0.29, 0.717) is 5.82 Å². The first-order valence-corrected chi connectivity index (χ1v) is 5.28. The van der Waals surface area contributed by atoms with Gasteiger partial charge in [-0.1, -0.05) is 6.92 Å². The van der Waals surface area contributed by atoms with Crippen LogP contribution in [0.3, 0.4) is 0 Å². The second-order valence-corrected chi connectivity index (χ2v) is 3.55. The number of aromatic nitrogens is 4. The molecule has 0 aromatic carbocycles. The molecule has 0 aliphatic heterocycles. The molecule has 84 valence electrons. The van der Waals surface area contributed by atoms with E-state index >= 15 is 0 Å². The van der Waals surface area contributed by atoms with Crippen molar-refractivity contribution in [2.45, 2.75) is 26.0 Å². The maximum Gasteiger partial charge on any atom is 0.161 e.